The fourth-order valence-corrected chi connectivity index (χ4v) is 6.40. The van der Waals surface area contributed by atoms with Crippen molar-refractivity contribution in [2.45, 2.75) is 0 Å². The molecule has 0 unspecified atom stereocenters. The van der Waals surface area contributed by atoms with Crippen LogP contribution in [0.15, 0.2) is 175 Å². The molecule has 4 heteroatoms. The van der Waals surface area contributed by atoms with E-state index in [0.717, 1.165) is 28.0 Å². The molecule has 0 aliphatic heterocycles. The number of benzene rings is 6. The number of fused-ring (bicyclic) bond motifs is 2. The van der Waals surface area contributed by atoms with E-state index < -0.39 is 0 Å². The Balaban J connectivity index is 1.16. The Kier molecular flexibility index (Phi) is 7.29. The lowest BCUT2D eigenvalue weighted by molar-refractivity contribution is 1.32. The zero-order valence-corrected chi connectivity index (χ0v) is 25.6. The Morgan fingerprint density at radius 2 is 1.11 bits per heavy atom. The zero-order chi connectivity index (χ0) is 31.6. The fourth-order valence-electron chi connectivity index (χ4n) is 6.40. The van der Waals surface area contributed by atoms with Crippen LogP contribution in [-0.2, 0) is 0 Å². The van der Waals surface area contributed by atoms with Gasteiger partial charge >= 0.3 is 0 Å². The molecule has 8 rings (SSSR count). The summed E-state index contributed by atoms with van der Waals surface area (Å²) >= 11 is 0. The van der Waals surface area contributed by atoms with Gasteiger partial charge in [0.2, 0.25) is 0 Å². The molecule has 0 amide bonds. The van der Waals surface area contributed by atoms with Gasteiger partial charge in [-0.05, 0) is 102 Å². The van der Waals surface area contributed by atoms with Crippen LogP contribution in [0.3, 0.4) is 0 Å². The predicted molar refractivity (Wildman–Crippen MR) is 198 cm³/mol. The summed E-state index contributed by atoms with van der Waals surface area (Å²) in [6, 6.07) is 48.7. The lowest BCUT2D eigenvalue weighted by atomic mass is 9.84. The number of hydrogen-bond acceptors (Lipinski definition) is 4. The number of pyridine rings is 1. The minimum atomic E-state index is 0.355. The molecule has 7 aromatic rings. The zero-order valence-electron chi connectivity index (χ0n) is 25.6. The van der Waals surface area contributed by atoms with Crippen molar-refractivity contribution in [2.24, 2.45) is 5.10 Å². The van der Waals surface area contributed by atoms with Crippen LogP contribution in [0, 0.1) is 5.41 Å². The van der Waals surface area contributed by atoms with Crippen molar-refractivity contribution in [3.8, 4) is 33.4 Å². The van der Waals surface area contributed by atoms with E-state index >= 15 is 0 Å². The molecule has 6 aromatic carbocycles. The van der Waals surface area contributed by atoms with E-state index in [4.69, 9.17) is 5.41 Å². The lowest BCUT2D eigenvalue weighted by Crippen LogP contribution is -2.13. The molecule has 1 aliphatic rings. The number of rotatable bonds is 6. The van der Waals surface area contributed by atoms with Crippen molar-refractivity contribution in [1.82, 2.24) is 4.98 Å². The van der Waals surface area contributed by atoms with Gasteiger partial charge in [-0.15, -0.1) is 0 Å². The molecule has 0 saturated heterocycles. The van der Waals surface area contributed by atoms with Crippen LogP contribution in [0.25, 0.3) is 60.5 Å². The second kappa shape index (κ2) is 12.2. The molecule has 0 radical (unpaired) electrons. The molecular weight excluding hydrogens is 573 g/mol. The summed E-state index contributed by atoms with van der Waals surface area (Å²) in [4.78, 5) is 4.20. The summed E-state index contributed by atoms with van der Waals surface area (Å²) in [6.45, 7) is 0. The Morgan fingerprint density at radius 1 is 0.511 bits per heavy atom. The first kappa shape index (κ1) is 28.1. The van der Waals surface area contributed by atoms with E-state index in [2.05, 4.69) is 119 Å². The summed E-state index contributed by atoms with van der Waals surface area (Å²) in [6.07, 6.45) is 9.48. The van der Waals surface area contributed by atoms with Crippen molar-refractivity contribution >= 4 is 44.2 Å². The molecule has 1 aromatic heterocycles. The molecule has 1 aliphatic carbocycles. The van der Waals surface area contributed by atoms with Gasteiger partial charge < -0.3 is 0 Å². The van der Waals surface area contributed by atoms with Gasteiger partial charge in [-0.25, -0.2) is 0 Å². The highest BCUT2D eigenvalue weighted by Gasteiger charge is 2.18. The Bertz CT molecular complexity index is 2350. The first-order valence-corrected chi connectivity index (χ1v) is 15.7. The summed E-state index contributed by atoms with van der Waals surface area (Å²) in [5.74, 6) is 0. The molecule has 4 nitrogen and oxygen atoms in total. The largest absolute Gasteiger partial charge is 0.299 e. The highest BCUT2D eigenvalue weighted by atomic mass is 15.3. The number of aromatic nitrogens is 1. The third-order valence-electron chi connectivity index (χ3n) is 8.66. The second-order valence-electron chi connectivity index (χ2n) is 11.6. The third kappa shape index (κ3) is 5.43. The average Bonchev–Trinajstić information content (AvgIpc) is 3.14. The maximum atomic E-state index is 8.83. The first-order valence-electron chi connectivity index (χ1n) is 15.7. The van der Waals surface area contributed by atoms with Gasteiger partial charge in [-0.1, -0.05) is 121 Å². The van der Waals surface area contributed by atoms with E-state index in [9.17, 15) is 0 Å². The molecule has 222 valence electrons. The van der Waals surface area contributed by atoms with E-state index in [0.29, 0.717) is 11.4 Å². The third-order valence-corrected chi connectivity index (χ3v) is 8.66. The topological polar surface area (TPSA) is 61.1 Å². The maximum absolute atomic E-state index is 8.83. The van der Waals surface area contributed by atoms with Crippen LogP contribution in [0.2, 0.25) is 0 Å². The number of hydrazone groups is 1. The molecule has 2 N–H and O–H groups in total. The molecule has 0 atom stereocenters. The molecule has 0 bridgehead atoms. The number of allylic oxidation sites excluding steroid dienone is 4. The molecule has 47 heavy (non-hydrogen) atoms. The van der Waals surface area contributed by atoms with Gasteiger partial charge in [0.1, 0.15) is 5.71 Å². The normalized spacial score (nSPS) is 13.7. The van der Waals surface area contributed by atoms with Gasteiger partial charge in [-0.2, -0.15) is 5.10 Å². The first-order chi connectivity index (χ1) is 23.2. The maximum Gasteiger partial charge on any atom is 0.108 e. The summed E-state index contributed by atoms with van der Waals surface area (Å²) in [7, 11) is 0. The molecular formula is C43H30N4. The summed E-state index contributed by atoms with van der Waals surface area (Å²) < 4.78 is 0. The highest BCUT2D eigenvalue weighted by Crippen LogP contribution is 2.44. The molecule has 0 saturated carbocycles. The minimum absolute atomic E-state index is 0.355. The van der Waals surface area contributed by atoms with Crippen LogP contribution >= 0.6 is 0 Å². The Hall–Kier alpha value is -6.39. The number of nitrogens with zero attached hydrogens (tertiary/aromatic N) is 2. The second-order valence-corrected chi connectivity index (χ2v) is 11.6. The summed E-state index contributed by atoms with van der Waals surface area (Å²) in [5, 5.41) is 18.2. The van der Waals surface area contributed by atoms with Crippen molar-refractivity contribution in [3.63, 3.8) is 0 Å². The lowest BCUT2D eigenvalue weighted by Gasteiger charge is -2.19. The van der Waals surface area contributed by atoms with Gasteiger partial charge in [0.05, 0.1) is 11.4 Å². The smallest absolute Gasteiger partial charge is 0.108 e. The Morgan fingerprint density at radius 3 is 1.74 bits per heavy atom. The summed E-state index contributed by atoms with van der Waals surface area (Å²) in [5.41, 5.74) is 13.9. The fraction of sp³-hybridized carbons (Fsp3) is 0. The number of anilines is 1. The number of hydrogen-bond donors (Lipinski definition) is 2. The van der Waals surface area contributed by atoms with Crippen LogP contribution in [-0.4, -0.2) is 16.4 Å². The monoisotopic (exact) mass is 602 g/mol. The van der Waals surface area contributed by atoms with Crippen molar-refractivity contribution < 1.29 is 0 Å². The highest BCUT2D eigenvalue weighted by molar-refractivity contribution is 6.51. The average molecular weight is 603 g/mol. The number of nitrogens with one attached hydrogen (secondary N) is 2. The van der Waals surface area contributed by atoms with Crippen LogP contribution < -0.4 is 5.43 Å². The Labute approximate surface area is 273 Å². The minimum Gasteiger partial charge on any atom is -0.299 e. The van der Waals surface area contributed by atoms with E-state index in [1.807, 2.05) is 60.8 Å². The van der Waals surface area contributed by atoms with Gasteiger partial charge in [-0.3, -0.25) is 15.8 Å². The van der Waals surface area contributed by atoms with Crippen LogP contribution in [0.1, 0.15) is 5.56 Å². The van der Waals surface area contributed by atoms with Crippen LogP contribution in [0.5, 0.6) is 0 Å². The quantitative estimate of drug-likeness (QED) is 0.113. The molecule has 0 fully saturated rings. The SMILES string of the molecule is N=C1C=C(c2ccc3c(-c4ccccc4)c4ccccc4c(-c4ccccc4)c3c2)C=C/C1=N/Nc1ccc(-c2cccnc2)cc1. The molecule has 1 heterocycles. The van der Waals surface area contributed by atoms with E-state index in [1.165, 1.54) is 43.8 Å². The van der Waals surface area contributed by atoms with E-state index in [-0.39, 0.29) is 0 Å². The standard InChI is InChI=1S/C43H30N4/c44-40-27-33(20-24-41(40)47-46-35-21-17-29(18-22-35)34-14-9-25-45-28-34)32-19-23-38-39(26-32)43(31-12-5-2-6-13-31)37-16-8-7-15-36(37)42(38)30-10-3-1-4-11-30/h1-28,44,46H/b44-40?,47-41-. The predicted octanol–water partition coefficient (Wildman–Crippen LogP) is 10.8. The molecule has 0 spiro atoms. The van der Waals surface area contributed by atoms with Crippen LogP contribution in [0.4, 0.5) is 5.69 Å². The van der Waals surface area contributed by atoms with E-state index in [1.54, 1.807) is 6.20 Å². The van der Waals surface area contributed by atoms with Crippen molar-refractivity contribution in [3.05, 3.63) is 176 Å². The van der Waals surface area contributed by atoms with Gasteiger partial charge in [0.15, 0.2) is 0 Å². The van der Waals surface area contributed by atoms with Gasteiger partial charge in [0.25, 0.3) is 0 Å². The van der Waals surface area contributed by atoms with Gasteiger partial charge in [0, 0.05) is 12.4 Å². The van der Waals surface area contributed by atoms with Crippen molar-refractivity contribution in [2.75, 3.05) is 5.43 Å². The van der Waals surface area contributed by atoms with Crippen molar-refractivity contribution in [1.29, 1.82) is 5.41 Å².